The van der Waals surface area contributed by atoms with E-state index in [0.717, 1.165) is 29.3 Å². The van der Waals surface area contributed by atoms with Crippen molar-refractivity contribution in [2.45, 2.75) is 32.2 Å². The van der Waals surface area contributed by atoms with Crippen molar-refractivity contribution in [2.75, 3.05) is 11.4 Å². The van der Waals surface area contributed by atoms with Crippen molar-refractivity contribution in [3.05, 3.63) is 52.4 Å². The predicted octanol–water partition coefficient (Wildman–Crippen LogP) is 4.14. The number of rotatable bonds is 5. The number of hydrogen-bond donors (Lipinski definition) is 0. The first kappa shape index (κ1) is 13.6. The van der Waals surface area contributed by atoms with Gasteiger partial charge in [0.25, 0.3) is 0 Å². The lowest BCUT2D eigenvalue weighted by atomic mass is 10.2. The molecule has 1 aliphatic rings. The molecule has 3 rings (SSSR count). The van der Waals surface area contributed by atoms with Gasteiger partial charge in [-0.05, 0) is 41.3 Å². The van der Waals surface area contributed by atoms with Crippen LogP contribution in [0.1, 0.15) is 37.1 Å². The van der Waals surface area contributed by atoms with E-state index in [1.807, 2.05) is 12.1 Å². The number of anilines is 1. The van der Waals surface area contributed by atoms with Crippen molar-refractivity contribution in [3.8, 4) is 0 Å². The molecule has 0 saturated heterocycles. The summed E-state index contributed by atoms with van der Waals surface area (Å²) in [5.41, 5.74) is 1.30. The lowest BCUT2D eigenvalue weighted by Gasteiger charge is -2.22. The summed E-state index contributed by atoms with van der Waals surface area (Å²) in [6.45, 7) is 3.98. The third-order valence-electron chi connectivity index (χ3n) is 3.56. The molecule has 0 radical (unpaired) electrons. The molecule has 0 atom stereocenters. The first-order valence-electron chi connectivity index (χ1n) is 7.09. The molecule has 0 aliphatic heterocycles. The van der Waals surface area contributed by atoms with E-state index in [9.17, 15) is 0 Å². The highest BCUT2D eigenvalue weighted by Crippen LogP contribution is 2.39. The van der Waals surface area contributed by atoms with E-state index in [1.165, 1.54) is 18.4 Å². The van der Waals surface area contributed by atoms with Crippen LogP contribution in [0.25, 0.3) is 0 Å². The minimum absolute atomic E-state index is 0.571. The van der Waals surface area contributed by atoms with Gasteiger partial charge in [-0.15, -0.1) is 0 Å². The van der Waals surface area contributed by atoms with Gasteiger partial charge in [-0.2, -0.15) is 0 Å². The Bertz CT molecular complexity index is 582. The van der Waals surface area contributed by atoms with E-state index in [4.69, 9.17) is 4.98 Å². The van der Waals surface area contributed by atoms with Gasteiger partial charge in [0.2, 0.25) is 0 Å². The minimum atomic E-state index is 0.571. The molecule has 2 aromatic rings. The predicted molar refractivity (Wildman–Crippen MR) is 84.9 cm³/mol. The van der Waals surface area contributed by atoms with Crippen molar-refractivity contribution >= 4 is 21.7 Å². The third kappa shape index (κ3) is 3.18. The number of aromatic nitrogens is 2. The van der Waals surface area contributed by atoms with Gasteiger partial charge in [0.05, 0.1) is 0 Å². The summed E-state index contributed by atoms with van der Waals surface area (Å²) < 4.78 is 0.885. The molecular weight excluding hydrogens is 314 g/mol. The van der Waals surface area contributed by atoms with Crippen LogP contribution in [0.3, 0.4) is 0 Å². The molecule has 1 aliphatic carbocycles. The van der Waals surface area contributed by atoms with Gasteiger partial charge in [0, 0.05) is 25.1 Å². The quantitative estimate of drug-likeness (QED) is 0.771. The zero-order valence-electron chi connectivity index (χ0n) is 11.6. The van der Waals surface area contributed by atoms with Crippen molar-refractivity contribution in [1.29, 1.82) is 0 Å². The van der Waals surface area contributed by atoms with Gasteiger partial charge in [-0.3, -0.25) is 0 Å². The number of benzene rings is 1. The van der Waals surface area contributed by atoms with E-state index in [2.05, 4.69) is 57.0 Å². The van der Waals surface area contributed by atoms with Crippen LogP contribution in [0.4, 0.5) is 5.82 Å². The zero-order chi connectivity index (χ0) is 13.9. The molecule has 1 heterocycles. The first-order valence-corrected chi connectivity index (χ1v) is 7.89. The Morgan fingerprint density at radius 3 is 2.60 bits per heavy atom. The van der Waals surface area contributed by atoms with Crippen LogP contribution < -0.4 is 4.90 Å². The summed E-state index contributed by atoms with van der Waals surface area (Å²) in [5.74, 6) is 2.57. The molecule has 20 heavy (non-hydrogen) atoms. The van der Waals surface area contributed by atoms with E-state index in [-0.39, 0.29) is 0 Å². The normalized spacial score (nSPS) is 14.3. The molecule has 0 N–H and O–H groups in total. The van der Waals surface area contributed by atoms with Crippen LogP contribution in [-0.2, 0) is 6.54 Å². The third-order valence-corrected chi connectivity index (χ3v) is 3.97. The van der Waals surface area contributed by atoms with Gasteiger partial charge in [0.15, 0.2) is 0 Å². The Kier molecular flexibility index (Phi) is 4.01. The minimum Gasteiger partial charge on any atom is -0.352 e. The SMILES string of the molecule is CCN(Cc1ccccc1)c1cc(Br)nc(C2CC2)n1. The lowest BCUT2D eigenvalue weighted by Crippen LogP contribution is -2.23. The molecule has 0 amide bonds. The van der Waals surface area contributed by atoms with Gasteiger partial charge in [-0.25, -0.2) is 9.97 Å². The molecule has 104 valence electrons. The molecule has 1 aromatic heterocycles. The van der Waals surface area contributed by atoms with Crippen LogP contribution in [0.2, 0.25) is 0 Å². The lowest BCUT2D eigenvalue weighted by molar-refractivity contribution is 0.792. The molecule has 0 bridgehead atoms. The van der Waals surface area contributed by atoms with Crippen molar-refractivity contribution in [1.82, 2.24) is 9.97 Å². The summed E-state index contributed by atoms with van der Waals surface area (Å²) in [7, 11) is 0. The van der Waals surface area contributed by atoms with Crippen molar-refractivity contribution in [3.63, 3.8) is 0 Å². The van der Waals surface area contributed by atoms with Crippen LogP contribution in [0.15, 0.2) is 41.0 Å². The summed E-state index contributed by atoms with van der Waals surface area (Å²) in [4.78, 5) is 11.5. The van der Waals surface area contributed by atoms with E-state index >= 15 is 0 Å². The fourth-order valence-electron chi connectivity index (χ4n) is 2.27. The topological polar surface area (TPSA) is 29.0 Å². The van der Waals surface area contributed by atoms with Crippen LogP contribution in [0.5, 0.6) is 0 Å². The molecule has 1 fully saturated rings. The first-order chi connectivity index (χ1) is 9.76. The molecule has 3 nitrogen and oxygen atoms in total. The molecule has 1 aromatic carbocycles. The molecule has 1 saturated carbocycles. The maximum Gasteiger partial charge on any atom is 0.135 e. The van der Waals surface area contributed by atoms with Gasteiger partial charge in [-0.1, -0.05) is 30.3 Å². The fraction of sp³-hybridized carbons (Fsp3) is 0.375. The largest absolute Gasteiger partial charge is 0.352 e. The van der Waals surface area contributed by atoms with Crippen LogP contribution in [-0.4, -0.2) is 16.5 Å². The average Bonchev–Trinajstić information content (AvgIpc) is 3.30. The summed E-state index contributed by atoms with van der Waals surface area (Å²) in [6, 6.07) is 12.5. The molecule has 4 heteroatoms. The number of hydrogen-bond acceptors (Lipinski definition) is 3. The second-order valence-corrected chi connectivity index (χ2v) is 5.99. The second-order valence-electron chi connectivity index (χ2n) is 5.18. The molecule has 0 spiro atoms. The highest BCUT2D eigenvalue weighted by atomic mass is 79.9. The maximum absolute atomic E-state index is 4.75. The number of halogens is 1. The standard InChI is InChI=1S/C16H18BrN3/c1-2-20(11-12-6-4-3-5-7-12)15-10-14(17)18-16(19-15)13-8-9-13/h3-7,10,13H,2,8-9,11H2,1H3. The monoisotopic (exact) mass is 331 g/mol. The number of nitrogens with zero attached hydrogens (tertiary/aromatic N) is 3. The Morgan fingerprint density at radius 2 is 1.95 bits per heavy atom. The summed E-state index contributed by atoms with van der Waals surface area (Å²) >= 11 is 3.51. The van der Waals surface area contributed by atoms with E-state index in [0.29, 0.717) is 5.92 Å². The average molecular weight is 332 g/mol. The summed E-state index contributed by atoms with van der Waals surface area (Å²) in [5, 5.41) is 0. The Labute approximate surface area is 128 Å². The van der Waals surface area contributed by atoms with Crippen molar-refractivity contribution < 1.29 is 0 Å². The van der Waals surface area contributed by atoms with Crippen LogP contribution >= 0.6 is 15.9 Å². The smallest absolute Gasteiger partial charge is 0.135 e. The highest BCUT2D eigenvalue weighted by molar-refractivity contribution is 9.10. The van der Waals surface area contributed by atoms with Crippen LogP contribution in [0, 0.1) is 0 Å². The zero-order valence-corrected chi connectivity index (χ0v) is 13.2. The maximum atomic E-state index is 4.75. The Balaban J connectivity index is 1.85. The summed E-state index contributed by atoms with van der Waals surface area (Å²) in [6.07, 6.45) is 2.45. The van der Waals surface area contributed by atoms with Gasteiger partial charge >= 0.3 is 0 Å². The highest BCUT2D eigenvalue weighted by Gasteiger charge is 2.27. The van der Waals surface area contributed by atoms with Gasteiger partial charge in [0.1, 0.15) is 16.2 Å². The second kappa shape index (κ2) is 5.92. The van der Waals surface area contributed by atoms with E-state index in [1.54, 1.807) is 0 Å². The fourth-order valence-corrected chi connectivity index (χ4v) is 2.65. The van der Waals surface area contributed by atoms with Crippen molar-refractivity contribution in [2.24, 2.45) is 0 Å². The van der Waals surface area contributed by atoms with E-state index < -0.39 is 0 Å². The molecule has 0 unspecified atom stereocenters. The Hall–Kier alpha value is -1.42. The molecular formula is C16H18BrN3. The Morgan fingerprint density at radius 1 is 1.20 bits per heavy atom. The van der Waals surface area contributed by atoms with Gasteiger partial charge < -0.3 is 4.90 Å².